The van der Waals surface area contributed by atoms with Crippen molar-refractivity contribution < 1.29 is 0 Å². The van der Waals surface area contributed by atoms with Crippen LogP contribution in [0.15, 0.2) is 24.3 Å². The molecule has 0 saturated heterocycles. The number of rotatable bonds is 5. The summed E-state index contributed by atoms with van der Waals surface area (Å²) in [6.45, 7) is 5.70. The van der Waals surface area contributed by atoms with Gasteiger partial charge in [-0.05, 0) is 55.8 Å². The average molecular weight is 238 g/mol. The van der Waals surface area contributed by atoms with E-state index in [-0.39, 0.29) is 0 Å². The Balaban J connectivity index is 1.75. The molecule has 1 N–H and O–H groups in total. The fourth-order valence-corrected chi connectivity index (χ4v) is 2.21. The third kappa shape index (κ3) is 2.99. The summed E-state index contributed by atoms with van der Waals surface area (Å²) in [5.74, 6) is 0. The molecule has 1 fully saturated rings. The third-order valence-corrected chi connectivity index (χ3v) is 4.07. The van der Waals surface area contributed by atoms with Gasteiger partial charge in [-0.2, -0.15) is 0 Å². The molecule has 0 aromatic heterocycles. The van der Waals surface area contributed by atoms with Gasteiger partial charge in [0.05, 0.1) is 0 Å². The van der Waals surface area contributed by atoms with Crippen molar-refractivity contribution >= 4 is 11.6 Å². The van der Waals surface area contributed by atoms with Crippen LogP contribution in [0.25, 0.3) is 0 Å². The summed E-state index contributed by atoms with van der Waals surface area (Å²) in [5.41, 5.74) is 1.88. The Labute approximate surface area is 103 Å². The molecule has 1 saturated carbocycles. The first-order valence-corrected chi connectivity index (χ1v) is 6.46. The summed E-state index contributed by atoms with van der Waals surface area (Å²) >= 11 is 5.95. The van der Waals surface area contributed by atoms with E-state index in [1.807, 2.05) is 18.2 Å². The van der Waals surface area contributed by atoms with Gasteiger partial charge in [0, 0.05) is 11.1 Å². The number of hydrogen-bond donors (Lipinski definition) is 1. The lowest BCUT2D eigenvalue weighted by atomic mass is 10.0. The molecule has 1 aromatic rings. The molecule has 16 heavy (non-hydrogen) atoms. The molecule has 0 aliphatic heterocycles. The molecule has 2 heteroatoms. The van der Waals surface area contributed by atoms with E-state index in [2.05, 4.69) is 25.2 Å². The summed E-state index contributed by atoms with van der Waals surface area (Å²) in [5, 5.41) is 4.44. The standard InChI is InChI=1S/C14H20ClN/c1-11(14(2)7-8-14)16-9-6-12-4-3-5-13(15)10-12/h3-5,10-11,16H,6-9H2,1-2H3. The molecule has 1 aromatic carbocycles. The number of hydrogen-bond acceptors (Lipinski definition) is 1. The summed E-state index contributed by atoms with van der Waals surface area (Å²) in [4.78, 5) is 0. The van der Waals surface area contributed by atoms with E-state index >= 15 is 0 Å². The minimum absolute atomic E-state index is 0.564. The summed E-state index contributed by atoms with van der Waals surface area (Å²) in [7, 11) is 0. The molecule has 1 nitrogen and oxygen atoms in total. The van der Waals surface area contributed by atoms with E-state index in [1.165, 1.54) is 18.4 Å². The molecule has 1 aliphatic carbocycles. The topological polar surface area (TPSA) is 12.0 Å². The Morgan fingerprint density at radius 3 is 2.81 bits per heavy atom. The minimum Gasteiger partial charge on any atom is -0.313 e. The van der Waals surface area contributed by atoms with Gasteiger partial charge in [-0.15, -0.1) is 0 Å². The van der Waals surface area contributed by atoms with Crippen molar-refractivity contribution in [1.82, 2.24) is 5.32 Å². The van der Waals surface area contributed by atoms with Crippen LogP contribution in [-0.2, 0) is 6.42 Å². The second kappa shape index (κ2) is 4.77. The zero-order valence-corrected chi connectivity index (χ0v) is 10.8. The van der Waals surface area contributed by atoms with Crippen LogP contribution in [0, 0.1) is 5.41 Å². The Morgan fingerprint density at radius 1 is 1.44 bits per heavy atom. The predicted octanol–water partition coefficient (Wildman–Crippen LogP) is 3.66. The zero-order valence-electron chi connectivity index (χ0n) is 10.1. The fraction of sp³-hybridized carbons (Fsp3) is 0.571. The first kappa shape index (κ1) is 11.9. The lowest BCUT2D eigenvalue weighted by molar-refractivity contribution is 0.383. The number of nitrogens with one attached hydrogen (secondary N) is 1. The van der Waals surface area contributed by atoms with Gasteiger partial charge < -0.3 is 5.32 Å². The third-order valence-electron chi connectivity index (χ3n) is 3.84. The van der Waals surface area contributed by atoms with Crippen LogP contribution in [0.1, 0.15) is 32.3 Å². The van der Waals surface area contributed by atoms with Crippen LogP contribution in [0.3, 0.4) is 0 Å². The molecular weight excluding hydrogens is 218 g/mol. The maximum atomic E-state index is 5.95. The molecular formula is C14H20ClN. The molecule has 0 radical (unpaired) electrons. The maximum Gasteiger partial charge on any atom is 0.0408 e. The number of halogens is 1. The van der Waals surface area contributed by atoms with Crippen LogP contribution < -0.4 is 5.32 Å². The van der Waals surface area contributed by atoms with Gasteiger partial charge in [0.15, 0.2) is 0 Å². The molecule has 0 spiro atoms. The van der Waals surface area contributed by atoms with E-state index in [9.17, 15) is 0 Å². The average Bonchev–Trinajstić information content (AvgIpc) is 2.98. The SMILES string of the molecule is CC(NCCc1cccc(Cl)c1)C1(C)CC1. The first-order valence-electron chi connectivity index (χ1n) is 6.08. The van der Waals surface area contributed by atoms with Crippen LogP contribution >= 0.6 is 11.6 Å². The molecule has 2 rings (SSSR count). The van der Waals surface area contributed by atoms with E-state index in [0.717, 1.165) is 18.0 Å². The molecule has 1 unspecified atom stereocenters. The van der Waals surface area contributed by atoms with Crippen LogP contribution in [0.2, 0.25) is 5.02 Å². The van der Waals surface area contributed by atoms with Gasteiger partial charge >= 0.3 is 0 Å². The fourth-order valence-electron chi connectivity index (χ4n) is 2.00. The molecule has 88 valence electrons. The van der Waals surface area contributed by atoms with E-state index in [4.69, 9.17) is 11.6 Å². The van der Waals surface area contributed by atoms with Gasteiger partial charge in [0.1, 0.15) is 0 Å². The van der Waals surface area contributed by atoms with Crippen LogP contribution in [0.5, 0.6) is 0 Å². The van der Waals surface area contributed by atoms with Gasteiger partial charge in [0.25, 0.3) is 0 Å². The minimum atomic E-state index is 0.564. The van der Waals surface area contributed by atoms with Crippen molar-refractivity contribution in [1.29, 1.82) is 0 Å². The van der Waals surface area contributed by atoms with Crippen molar-refractivity contribution in [2.45, 2.75) is 39.2 Å². The maximum absolute atomic E-state index is 5.95. The van der Waals surface area contributed by atoms with Crippen molar-refractivity contribution in [3.63, 3.8) is 0 Å². The Kier molecular flexibility index (Phi) is 3.56. The summed E-state index contributed by atoms with van der Waals surface area (Å²) in [6, 6.07) is 8.76. The lowest BCUT2D eigenvalue weighted by Crippen LogP contribution is -2.34. The smallest absolute Gasteiger partial charge is 0.0408 e. The molecule has 0 bridgehead atoms. The molecule has 0 heterocycles. The molecule has 1 aliphatic rings. The Hall–Kier alpha value is -0.530. The highest BCUT2D eigenvalue weighted by Gasteiger charge is 2.41. The zero-order chi connectivity index (χ0) is 11.6. The van der Waals surface area contributed by atoms with E-state index < -0.39 is 0 Å². The first-order chi connectivity index (χ1) is 7.60. The van der Waals surface area contributed by atoms with Gasteiger partial charge in [-0.3, -0.25) is 0 Å². The second-order valence-corrected chi connectivity index (χ2v) is 5.65. The van der Waals surface area contributed by atoms with Crippen molar-refractivity contribution in [3.8, 4) is 0 Å². The van der Waals surface area contributed by atoms with Gasteiger partial charge in [-0.25, -0.2) is 0 Å². The van der Waals surface area contributed by atoms with E-state index in [0.29, 0.717) is 11.5 Å². The largest absolute Gasteiger partial charge is 0.313 e. The van der Waals surface area contributed by atoms with Crippen LogP contribution in [0.4, 0.5) is 0 Å². The molecule has 0 amide bonds. The van der Waals surface area contributed by atoms with Gasteiger partial charge in [0.2, 0.25) is 0 Å². The molecule has 1 atom stereocenters. The highest BCUT2D eigenvalue weighted by molar-refractivity contribution is 6.30. The van der Waals surface area contributed by atoms with Crippen LogP contribution in [-0.4, -0.2) is 12.6 Å². The van der Waals surface area contributed by atoms with Crippen molar-refractivity contribution in [2.24, 2.45) is 5.41 Å². The predicted molar refractivity (Wildman–Crippen MR) is 70.0 cm³/mol. The normalized spacial score (nSPS) is 19.4. The lowest BCUT2D eigenvalue weighted by Gasteiger charge is -2.20. The highest BCUT2D eigenvalue weighted by atomic mass is 35.5. The quantitative estimate of drug-likeness (QED) is 0.824. The monoisotopic (exact) mass is 237 g/mol. The summed E-state index contributed by atoms with van der Waals surface area (Å²) in [6.07, 6.45) is 3.80. The Bertz CT molecular complexity index is 358. The van der Waals surface area contributed by atoms with E-state index in [1.54, 1.807) is 0 Å². The summed E-state index contributed by atoms with van der Waals surface area (Å²) < 4.78 is 0. The van der Waals surface area contributed by atoms with Crippen molar-refractivity contribution in [2.75, 3.05) is 6.54 Å². The number of benzene rings is 1. The van der Waals surface area contributed by atoms with Crippen molar-refractivity contribution in [3.05, 3.63) is 34.9 Å². The Morgan fingerprint density at radius 2 is 2.19 bits per heavy atom. The van der Waals surface area contributed by atoms with Gasteiger partial charge in [-0.1, -0.05) is 30.7 Å². The highest BCUT2D eigenvalue weighted by Crippen LogP contribution is 2.47. The second-order valence-electron chi connectivity index (χ2n) is 5.21.